The molecule has 0 fully saturated rings. The summed E-state index contributed by atoms with van der Waals surface area (Å²) < 4.78 is 2.33. The van der Waals surface area contributed by atoms with Crippen LogP contribution in [0.3, 0.4) is 0 Å². The first-order valence-corrected chi connectivity index (χ1v) is 29.5. The van der Waals surface area contributed by atoms with Gasteiger partial charge in [0, 0.05) is 27.5 Å². The average molecular weight is 1090 g/mol. The molecule has 4 heteroatoms. The van der Waals surface area contributed by atoms with Gasteiger partial charge in [0.2, 0.25) is 5.95 Å². The Morgan fingerprint density at radius 2 is 0.581 bits per heavy atom. The number of para-hydroxylation sites is 1. The highest BCUT2D eigenvalue weighted by Crippen LogP contribution is 2.64. The van der Waals surface area contributed by atoms with E-state index < -0.39 is 5.41 Å². The molecule has 4 nitrogen and oxygen atoms in total. The molecule has 2 aromatic heterocycles. The number of fused-ring (bicyclic) bond motifs is 14. The Bertz CT molecular complexity index is 4810. The van der Waals surface area contributed by atoms with E-state index in [4.69, 9.17) is 15.0 Å². The van der Waals surface area contributed by atoms with Crippen molar-refractivity contribution in [3.63, 3.8) is 0 Å². The molecule has 400 valence electrons. The van der Waals surface area contributed by atoms with E-state index in [1.165, 1.54) is 44.5 Å². The molecule has 0 unspecified atom stereocenters. The van der Waals surface area contributed by atoms with Crippen LogP contribution in [0.1, 0.15) is 22.3 Å². The largest absolute Gasteiger partial charge is 0.277 e. The fourth-order valence-electron chi connectivity index (χ4n) is 14.0. The molecule has 1 spiro atoms. The summed E-state index contributed by atoms with van der Waals surface area (Å²) in [5.74, 6) is 1.69. The zero-order chi connectivity index (χ0) is 56.7. The maximum atomic E-state index is 5.69. The molecular weight excluding hydrogens is 1040 g/mol. The van der Waals surface area contributed by atoms with Gasteiger partial charge < -0.3 is 0 Å². The summed E-state index contributed by atoms with van der Waals surface area (Å²) in [5.41, 5.74) is 26.9. The van der Waals surface area contributed by atoms with Crippen LogP contribution < -0.4 is 0 Å². The summed E-state index contributed by atoms with van der Waals surface area (Å²) in [6.45, 7) is 0. The smallest absolute Gasteiger partial charge is 0.238 e. The second kappa shape index (κ2) is 19.9. The quantitative estimate of drug-likeness (QED) is 0.145. The molecule has 0 amide bonds. The molecule has 15 aromatic rings. The van der Waals surface area contributed by atoms with E-state index in [9.17, 15) is 0 Å². The summed E-state index contributed by atoms with van der Waals surface area (Å²) >= 11 is 0. The van der Waals surface area contributed by atoms with Gasteiger partial charge in [-0.05, 0) is 160 Å². The van der Waals surface area contributed by atoms with E-state index in [0.717, 1.165) is 99.7 Å². The maximum absolute atomic E-state index is 5.69. The first-order valence-electron chi connectivity index (χ1n) is 29.5. The standard InChI is InChI=1S/C82H52N4/c1-5-23-53(24-6-1)61-47-62(54-25-7-2-8-26-54)50-65(49-61)57-31-21-33-59(45-57)79-83-80(60-34-22-32-58(46-60)66-51-63(55-27-9-3-10-28-55)48-64(52-66)56-29-11-4-12-30-56)85-81(84-79)86-76-42-20-16-37-69(76)70-43-44-75-77(78(70)86)71-38-15-19-41-74(71)82(75)72-39-17-13-35-67(72)68-36-14-18-40-73(68)82/h1-52H. The molecule has 0 atom stereocenters. The van der Waals surface area contributed by atoms with Crippen molar-refractivity contribution in [2.45, 2.75) is 5.41 Å². The van der Waals surface area contributed by atoms with Gasteiger partial charge in [-0.2, -0.15) is 9.97 Å². The van der Waals surface area contributed by atoms with Crippen molar-refractivity contribution in [2.24, 2.45) is 0 Å². The molecule has 0 radical (unpaired) electrons. The van der Waals surface area contributed by atoms with Crippen molar-refractivity contribution in [3.8, 4) is 118 Å². The van der Waals surface area contributed by atoms with Crippen molar-refractivity contribution in [2.75, 3.05) is 0 Å². The molecule has 0 saturated heterocycles. The van der Waals surface area contributed by atoms with Crippen molar-refractivity contribution in [1.29, 1.82) is 0 Å². The minimum absolute atomic E-state index is 0.540. The molecular formula is C82H52N4. The second-order valence-corrected chi connectivity index (χ2v) is 22.6. The lowest BCUT2D eigenvalue weighted by Crippen LogP contribution is -2.25. The van der Waals surface area contributed by atoms with E-state index >= 15 is 0 Å². The van der Waals surface area contributed by atoms with E-state index in [1.54, 1.807) is 0 Å². The van der Waals surface area contributed by atoms with Crippen LogP contribution in [0.25, 0.3) is 140 Å². The first kappa shape index (κ1) is 49.3. The molecule has 0 N–H and O–H groups in total. The van der Waals surface area contributed by atoms with Crippen LogP contribution in [-0.4, -0.2) is 19.5 Å². The summed E-state index contributed by atoms with van der Waals surface area (Å²) in [4.78, 5) is 16.9. The number of rotatable bonds is 9. The zero-order valence-corrected chi connectivity index (χ0v) is 46.8. The minimum Gasteiger partial charge on any atom is -0.277 e. The Hall–Kier alpha value is -11.3. The maximum Gasteiger partial charge on any atom is 0.238 e. The lowest BCUT2D eigenvalue weighted by Gasteiger charge is -2.30. The third-order valence-electron chi connectivity index (χ3n) is 17.8. The second-order valence-electron chi connectivity index (χ2n) is 22.6. The number of nitrogens with zero attached hydrogens (tertiary/aromatic N) is 4. The lowest BCUT2D eigenvalue weighted by atomic mass is 9.70. The van der Waals surface area contributed by atoms with Crippen molar-refractivity contribution >= 4 is 21.8 Å². The number of aromatic nitrogens is 4. The number of benzene rings is 13. The SMILES string of the molecule is c1ccc(-c2cc(-c3ccccc3)cc(-c3cccc(-c4nc(-c5cccc(-c6cc(-c7ccccc7)cc(-c7ccccc7)c6)c5)nc(-n5c6ccccc6c6ccc7c(c65)-c5ccccc5C75c6ccccc6-c6ccccc65)n4)c3)c2)cc1. The highest BCUT2D eigenvalue weighted by atomic mass is 15.2. The van der Waals surface area contributed by atoms with Crippen molar-refractivity contribution < 1.29 is 0 Å². The van der Waals surface area contributed by atoms with Gasteiger partial charge in [0.1, 0.15) is 0 Å². The van der Waals surface area contributed by atoms with Crippen LogP contribution in [0.15, 0.2) is 315 Å². The summed E-state index contributed by atoms with van der Waals surface area (Å²) in [7, 11) is 0. The van der Waals surface area contributed by atoms with Crippen molar-refractivity contribution in [3.05, 3.63) is 338 Å². The highest BCUT2D eigenvalue weighted by molar-refractivity contribution is 6.16. The molecule has 2 aliphatic rings. The fraction of sp³-hybridized carbons (Fsp3) is 0.0122. The molecule has 0 saturated carbocycles. The van der Waals surface area contributed by atoms with Crippen LogP contribution in [0.4, 0.5) is 0 Å². The van der Waals surface area contributed by atoms with E-state index in [-0.39, 0.29) is 0 Å². The molecule has 0 bridgehead atoms. The van der Waals surface area contributed by atoms with Gasteiger partial charge in [-0.15, -0.1) is 0 Å². The van der Waals surface area contributed by atoms with Gasteiger partial charge in [-0.3, -0.25) is 4.57 Å². The van der Waals surface area contributed by atoms with Crippen LogP contribution in [-0.2, 0) is 5.41 Å². The minimum atomic E-state index is -0.540. The molecule has 0 aliphatic heterocycles. The van der Waals surface area contributed by atoms with Crippen LogP contribution >= 0.6 is 0 Å². The van der Waals surface area contributed by atoms with Gasteiger partial charge in [-0.1, -0.05) is 261 Å². The molecule has 17 rings (SSSR count). The first-order chi connectivity index (χ1) is 42.6. The van der Waals surface area contributed by atoms with Gasteiger partial charge >= 0.3 is 0 Å². The normalized spacial score (nSPS) is 12.5. The lowest BCUT2D eigenvalue weighted by molar-refractivity contribution is 0.794. The molecule has 2 aliphatic carbocycles. The van der Waals surface area contributed by atoms with E-state index in [1.807, 2.05) is 0 Å². The molecule has 2 heterocycles. The van der Waals surface area contributed by atoms with Gasteiger partial charge in [0.05, 0.1) is 16.4 Å². The third kappa shape index (κ3) is 7.88. The van der Waals surface area contributed by atoms with Crippen LogP contribution in [0.2, 0.25) is 0 Å². The summed E-state index contributed by atoms with van der Waals surface area (Å²) in [6, 6.07) is 114. The summed E-state index contributed by atoms with van der Waals surface area (Å²) in [5, 5.41) is 2.27. The summed E-state index contributed by atoms with van der Waals surface area (Å²) in [6.07, 6.45) is 0. The van der Waals surface area contributed by atoms with E-state index in [0.29, 0.717) is 17.6 Å². The Labute approximate surface area is 499 Å². The predicted octanol–water partition coefficient (Wildman–Crippen LogP) is 20.6. The van der Waals surface area contributed by atoms with Crippen LogP contribution in [0, 0.1) is 0 Å². The molecule has 86 heavy (non-hydrogen) atoms. The molecule has 13 aromatic carbocycles. The average Bonchev–Trinajstić information content (AvgIpc) is 1.51. The Balaban J connectivity index is 0.910. The van der Waals surface area contributed by atoms with E-state index in [2.05, 4.69) is 320 Å². The van der Waals surface area contributed by atoms with Gasteiger partial charge in [0.25, 0.3) is 0 Å². The Kier molecular flexibility index (Phi) is 11.4. The number of hydrogen-bond donors (Lipinski definition) is 0. The predicted molar refractivity (Wildman–Crippen MR) is 354 cm³/mol. The van der Waals surface area contributed by atoms with Crippen molar-refractivity contribution in [1.82, 2.24) is 19.5 Å². The van der Waals surface area contributed by atoms with Crippen LogP contribution in [0.5, 0.6) is 0 Å². The fourth-order valence-corrected chi connectivity index (χ4v) is 14.0. The Morgan fingerprint density at radius 3 is 1.05 bits per heavy atom. The topological polar surface area (TPSA) is 43.6 Å². The monoisotopic (exact) mass is 1090 g/mol. The van der Waals surface area contributed by atoms with Gasteiger partial charge in [-0.25, -0.2) is 4.98 Å². The zero-order valence-electron chi connectivity index (χ0n) is 46.8. The van der Waals surface area contributed by atoms with Gasteiger partial charge in [0.15, 0.2) is 11.6 Å². The number of hydrogen-bond acceptors (Lipinski definition) is 3. The Morgan fingerprint density at radius 1 is 0.233 bits per heavy atom. The highest BCUT2D eigenvalue weighted by Gasteiger charge is 2.52. The third-order valence-corrected chi connectivity index (χ3v) is 17.8.